The second kappa shape index (κ2) is 4.30. The highest BCUT2D eigenvalue weighted by molar-refractivity contribution is 7.80. The zero-order chi connectivity index (χ0) is 11.8. The molecule has 2 nitrogen and oxygen atoms in total. The second-order valence-electron chi connectivity index (χ2n) is 5.17. The van der Waals surface area contributed by atoms with Crippen molar-refractivity contribution in [1.82, 2.24) is 0 Å². The van der Waals surface area contributed by atoms with E-state index in [0.717, 1.165) is 17.3 Å². The first-order chi connectivity index (χ1) is 7.48. The zero-order valence-corrected chi connectivity index (χ0v) is 10.9. The van der Waals surface area contributed by atoms with Crippen molar-refractivity contribution in [2.75, 3.05) is 13.2 Å². The third kappa shape index (κ3) is 2.71. The number of thiol groups is 1. The van der Waals surface area contributed by atoms with Crippen LogP contribution in [0.3, 0.4) is 0 Å². The molecule has 2 rings (SSSR count). The predicted molar refractivity (Wildman–Crippen MR) is 67.6 cm³/mol. The number of ether oxygens (including phenoxy) is 2. The molecule has 1 aliphatic heterocycles. The van der Waals surface area contributed by atoms with E-state index >= 15 is 0 Å². The van der Waals surface area contributed by atoms with Gasteiger partial charge < -0.3 is 9.47 Å². The van der Waals surface area contributed by atoms with Gasteiger partial charge in [0.15, 0.2) is 0 Å². The first-order valence-electron chi connectivity index (χ1n) is 5.55. The topological polar surface area (TPSA) is 21.8 Å². The van der Waals surface area contributed by atoms with Crippen molar-refractivity contribution in [1.29, 1.82) is 0 Å². The van der Waals surface area contributed by atoms with Gasteiger partial charge in [0.05, 0.1) is 6.61 Å². The Labute approximate surface area is 102 Å². The number of hydrogen-bond acceptors (Lipinski definition) is 3. The molecule has 0 saturated carbocycles. The van der Waals surface area contributed by atoms with Gasteiger partial charge in [0.1, 0.15) is 18.5 Å². The third-order valence-electron chi connectivity index (χ3n) is 2.58. The average molecular weight is 238 g/mol. The monoisotopic (exact) mass is 238 g/mol. The van der Waals surface area contributed by atoms with Crippen LogP contribution in [0.4, 0.5) is 0 Å². The lowest BCUT2D eigenvalue weighted by Crippen LogP contribution is -2.16. The molecule has 3 heteroatoms. The molecule has 1 heterocycles. The van der Waals surface area contributed by atoms with E-state index in [1.165, 1.54) is 5.56 Å². The predicted octanol–water partition coefficient (Wildman–Crippen LogP) is 3.05. The van der Waals surface area contributed by atoms with Gasteiger partial charge in [-0.2, -0.15) is 0 Å². The van der Waals surface area contributed by atoms with E-state index in [1.807, 2.05) is 18.2 Å². The maximum absolute atomic E-state index is 5.79. The Kier molecular flexibility index (Phi) is 3.17. The first kappa shape index (κ1) is 11.8. The summed E-state index contributed by atoms with van der Waals surface area (Å²) >= 11 is 4.51. The van der Waals surface area contributed by atoms with Crippen LogP contribution in [0.1, 0.15) is 26.3 Å². The molecule has 16 heavy (non-hydrogen) atoms. The van der Waals surface area contributed by atoms with Crippen molar-refractivity contribution >= 4 is 12.6 Å². The summed E-state index contributed by atoms with van der Waals surface area (Å²) in [6, 6.07) is 5.98. The number of hydrogen-bond donors (Lipinski definition) is 1. The van der Waals surface area contributed by atoms with Crippen LogP contribution in [0, 0.1) is 0 Å². The minimum atomic E-state index is 0.0398. The Hall–Kier alpha value is -0.670. The summed E-state index contributed by atoms with van der Waals surface area (Å²) in [6.07, 6.45) is 0.288. The summed E-state index contributed by atoms with van der Waals surface area (Å²) in [4.78, 5) is 0.988. The van der Waals surface area contributed by atoms with Crippen LogP contribution < -0.4 is 4.74 Å². The van der Waals surface area contributed by atoms with Gasteiger partial charge in [0, 0.05) is 10.5 Å². The maximum Gasteiger partial charge on any atom is 0.124 e. The fourth-order valence-electron chi connectivity index (χ4n) is 1.74. The minimum Gasteiger partial charge on any atom is -0.490 e. The summed E-state index contributed by atoms with van der Waals surface area (Å²) in [6.45, 7) is 7.97. The fourth-order valence-corrected chi connectivity index (χ4v) is 2.27. The molecule has 0 aliphatic carbocycles. The summed E-state index contributed by atoms with van der Waals surface area (Å²) in [5.74, 6) is 0.926. The van der Waals surface area contributed by atoms with Gasteiger partial charge in [-0.15, -0.1) is 12.6 Å². The van der Waals surface area contributed by atoms with E-state index < -0.39 is 0 Å². The largest absolute Gasteiger partial charge is 0.490 e. The van der Waals surface area contributed by atoms with Crippen LogP contribution >= 0.6 is 12.6 Å². The van der Waals surface area contributed by atoms with Crippen LogP contribution in [-0.2, 0) is 10.2 Å². The molecular weight excluding hydrogens is 220 g/mol. The average Bonchev–Trinajstić information content (AvgIpc) is 2.95. The Morgan fingerprint density at radius 1 is 1.44 bits per heavy atom. The van der Waals surface area contributed by atoms with Gasteiger partial charge in [-0.05, 0) is 17.5 Å². The highest BCUT2D eigenvalue weighted by Gasteiger charge is 2.26. The van der Waals surface area contributed by atoms with Gasteiger partial charge in [-0.1, -0.05) is 26.8 Å². The lowest BCUT2D eigenvalue weighted by molar-refractivity contribution is 0.257. The molecule has 0 aromatic heterocycles. The Bertz CT molecular complexity index is 378. The van der Waals surface area contributed by atoms with Crippen LogP contribution in [-0.4, -0.2) is 19.3 Å². The number of rotatable bonds is 3. The van der Waals surface area contributed by atoms with Crippen molar-refractivity contribution in [3.8, 4) is 5.75 Å². The standard InChI is InChI=1S/C13H18O2S/c1-13(2,3)12-10(5-4-6-11(12)16)15-8-9-7-14-9/h4-6,9,16H,7-8H2,1-3H3. The molecule has 1 aromatic rings. The van der Waals surface area contributed by atoms with Crippen molar-refractivity contribution in [2.24, 2.45) is 0 Å². The molecule has 1 atom stereocenters. The first-order valence-corrected chi connectivity index (χ1v) is 6.00. The molecule has 1 unspecified atom stereocenters. The Balaban J connectivity index is 2.24. The molecule has 0 N–H and O–H groups in total. The van der Waals surface area contributed by atoms with E-state index in [9.17, 15) is 0 Å². The highest BCUT2D eigenvalue weighted by atomic mass is 32.1. The number of benzene rings is 1. The van der Waals surface area contributed by atoms with Crippen LogP contribution in [0.25, 0.3) is 0 Å². The van der Waals surface area contributed by atoms with E-state index in [1.54, 1.807) is 0 Å². The smallest absolute Gasteiger partial charge is 0.124 e. The van der Waals surface area contributed by atoms with E-state index in [2.05, 4.69) is 33.4 Å². The van der Waals surface area contributed by atoms with E-state index in [-0.39, 0.29) is 11.5 Å². The molecule has 1 saturated heterocycles. The molecule has 1 aliphatic rings. The SMILES string of the molecule is CC(C)(C)c1c(S)cccc1OCC1CO1. The molecule has 0 radical (unpaired) electrons. The Morgan fingerprint density at radius 3 is 2.69 bits per heavy atom. The Morgan fingerprint density at radius 2 is 2.12 bits per heavy atom. The van der Waals surface area contributed by atoms with Crippen molar-refractivity contribution in [3.63, 3.8) is 0 Å². The van der Waals surface area contributed by atoms with Crippen LogP contribution in [0.2, 0.25) is 0 Å². The molecule has 0 spiro atoms. The fraction of sp³-hybridized carbons (Fsp3) is 0.538. The lowest BCUT2D eigenvalue weighted by Gasteiger charge is -2.24. The summed E-state index contributed by atoms with van der Waals surface area (Å²) in [7, 11) is 0. The van der Waals surface area contributed by atoms with E-state index in [4.69, 9.17) is 9.47 Å². The number of epoxide rings is 1. The van der Waals surface area contributed by atoms with Gasteiger partial charge in [-0.25, -0.2) is 0 Å². The quantitative estimate of drug-likeness (QED) is 0.645. The van der Waals surface area contributed by atoms with Gasteiger partial charge in [0.2, 0.25) is 0 Å². The van der Waals surface area contributed by atoms with Crippen molar-refractivity contribution < 1.29 is 9.47 Å². The molecule has 1 fully saturated rings. The molecule has 0 bridgehead atoms. The van der Waals surface area contributed by atoms with Gasteiger partial charge in [-0.3, -0.25) is 0 Å². The maximum atomic E-state index is 5.79. The van der Waals surface area contributed by atoms with Crippen molar-refractivity contribution in [2.45, 2.75) is 37.2 Å². The molecule has 1 aromatic carbocycles. The third-order valence-corrected chi connectivity index (χ3v) is 2.95. The van der Waals surface area contributed by atoms with Gasteiger partial charge in [0.25, 0.3) is 0 Å². The summed E-state index contributed by atoms with van der Waals surface area (Å²) in [5, 5.41) is 0. The van der Waals surface area contributed by atoms with Gasteiger partial charge >= 0.3 is 0 Å². The summed E-state index contributed by atoms with van der Waals surface area (Å²) < 4.78 is 10.9. The van der Waals surface area contributed by atoms with E-state index in [0.29, 0.717) is 6.61 Å². The van der Waals surface area contributed by atoms with Crippen LogP contribution in [0.5, 0.6) is 5.75 Å². The molecule has 0 amide bonds. The minimum absolute atomic E-state index is 0.0398. The highest BCUT2D eigenvalue weighted by Crippen LogP contribution is 2.36. The van der Waals surface area contributed by atoms with Crippen molar-refractivity contribution in [3.05, 3.63) is 23.8 Å². The molecular formula is C13H18O2S. The summed E-state index contributed by atoms with van der Waals surface area (Å²) in [5.41, 5.74) is 1.21. The zero-order valence-electron chi connectivity index (χ0n) is 9.99. The van der Waals surface area contributed by atoms with Crippen LogP contribution in [0.15, 0.2) is 23.1 Å². The second-order valence-corrected chi connectivity index (χ2v) is 5.65. The normalized spacial score (nSPS) is 19.6. The molecule has 88 valence electrons. The lowest BCUT2D eigenvalue weighted by atomic mass is 9.86.